The van der Waals surface area contributed by atoms with Crippen molar-refractivity contribution in [3.8, 4) is 0 Å². The number of likely N-dealkylation sites (tertiary alicyclic amines) is 2. The van der Waals surface area contributed by atoms with E-state index in [4.69, 9.17) is 9.47 Å². The molecule has 7 heteroatoms. The minimum atomic E-state index is 0. The Bertz CT molecular complexity index is 414. The van der Waals surface area contributed by atoms with Gasteiger partial charge in [-0.3, -0.25) is 9.89 Å². The van der Waals surface area contributed by atoms with Gasteiger partial charge in [-0.25, -0.2) is 0 Å². The van der Waals surface area contributed by atoms with Gasteiger partial charge in [-0.2, -0.15) is 0 Å². The lowest BCUT2D eigenvalue weighted by Crippen LogP contribution is -2.55. The van der Waals surface area contributed by atoms with E-state index >= 15 is 0 Å². The summed E-state index contributed by atoms with van der Waals surface area (Å²) in [6.45, 7) is 12.3. The Hall–Kier alpha value is -0.120. The van der Waals surface area contributed by atoms with E-state index in [2.05, 4.69) is 34.0 Å². The Morgan fingerprint density at radius 1 is 1.15 bits per heavy atom. The van der Waals surface area contributed by atoms with Gasteiger partial charge in [0.05, 0.1) is 19.8 Å². The number of piperidine rings is 1. The zero-order valence-corrected chi connectivity index (χ0v) is 19.5. The predicted octanol–water partition coefficient (Wildman–Crippen LogP) is 2.43. The summed E-state index contributed by atoms with van der Waals surface area (Å²) in [6, 6.07) is 0. The van der Waals surface area contributed by atoms with Gasteiger partial charge < -0.3 is 19.7 Å². The molecule has 0 amide bonds. The monoisotopic (exact) mass is 482 g/mol. The Kier molecular flexibility index (Phi) is 11.4. The van der Waals surface area contributed by atoms with Crippen molar-refractivity contribution in [2.75, 3.05) is 66.7 Å². The van der Waals surface area contributed by atoms with Crippen molar-refractivity contribution in [3.63, 3.8) is 0 Å². The third-order valence-electron chi connectivity index (χ3n) is 5.47. The lowest BCUT2D eigenvalue weighted by Gasteiger charge is -2.41. The molecule has 26 heavy (non-hydrogen) atoms. The van der Waals surface area contributed by atoms with E-state index in [-0.39, 0.29) is 29.5 Å². The molecule has 0 aromatic rings. The fourth-order valence-corrected chi connectivity index (χ4v) is 3.79. The SMILES string of the molecule is CN=C(NCC(C)(C)N1CCCCC1)N1CCC(COCCOC)C1.I. The molecule has 0 aromatic heterocycles. The van der Waals surface area contributed by atoms with Crippen LogP contribution in [0.25, 0.3) is 0 Å². The van der Waals surface area contributed by atoms with Crippen LogP contribution in [0, 0.1) is 5.92 Å². The molecule has 2 aliphatic rings. The van der Waals surface area contributed by atoms with Gasteiger partial charge in [0.1, 0.15) is 0 Å². The van der Waals surface area contributed by atoms with Crippen LogP contribution in [0.2, 0.25) is 0 Å². The molecular formula is C19H39IN4O2. The second kappa shape index (κ2) is 12.4. The molecule has 0 aliphatic carbocycles. The minimum Gasteiger partial charge on any atom is -0.382 e. The fraction of sp³-hybridized carbons (Fsp3) is 0.947. The highest BCUT2D eigenvalue weighted by atomic mass is 127. The molecule has 2 fully saturated rings. The molecule has 154 valence electrons. The van der Waals surface area contributed by atoms with Crippen LogP contribution in [0.15, 0.2) is 4.99 Å². The largest absolute Gasteiger partial charge is 0.382 e. The highest BCUT2D eigenvalue weighted by molar-refractivity contribution is 14.0. The van der Waals surface area contributed by atoms with E-state index in [9.17, 15) is 0 Å². The number of methoxy groups -OCH3 is 1. The zero-order valence-electron chi connectivity index (χ0n) is 17.1. The van der Waals surface area contributed by atoms with Gasteiger partial charge in [-0.15, -0.1) is 24.0 Å². The van der Waals surface area contributed by atoms with Crippen LogP contribution >= 0.6 is 24.0 Å². The lowest BCUT2D eigenvalue weighted by molar-refractivity contribution is 0.0536. The van der Waals surface area contributed by atoms with Crippen molar-refractivity contribution in [3.05, 3.63) is 0 Å². The summed E-state index contributed by atoms with van der Waals surface area (Å²) in [5, 5.41) is 3.62. The Morgan fingerprint density at radius 2 is 1.88 bits per heavy atom. The van der Waals surface area contributed by atoms with Crippen LogP contribution in [0.1, 0.15) is 39.5 Å². The van der Waals surface area contributed by atoms with E-state index in [1.807, 2.05) is 7.05 Å². The molecule has 2 aliphatic heterocycles. The molecule has 1 unspecified atom stereocenters. The maximum Gasteiger partial charge on any atom is 0.193 e. The summed E-state index contributed by atoms with van der Waals surface area (Å²) >= 11 is 0. The third-order valence-corrected chi connectivity index (χ3v) is 5.47. The standard InChI is InChI=1S/C19H38N4O2.HI/c1-19(2,23-9-6-5-7-10-23)16-21-18(20-3)22-11-8-17(14-22)15-25-13-12-24-4;/h17H,5-16H2,1-4H3,(H,20,21);1H. The second-order valence-electron chi connectivity index (χ2n) is 7.93. The first-order chi connectivity index (χ1) is 12.1. The molecule has 0 spiro atoms. The van der Waals surface area contributed by atoms with E-state index in [1.54, 1.807) is 7.11 Å². The van der Waals surface area contributed by atoms with Crippen molar-refractivity contribution < 1.29 is 9.47 Å². The van der Waals surface area contributed by atoms with E-state index < -0.39 is 0 Å². The first-order valence-electron chi connectivity index (χ1n) is 9.84. The van der Waals surface area contributed by atoms with Crippen LogP contribution in [0.3, 0.4) is 0 Å². The number of ether oxygens (including phenoxy) is 2. The quantitative estimate of drug-likeness (QED) is 0.249. The maximum absolute atomic E-state index is 5.69. The number of rotatable bonds is 8. The van der Waals surface area contributed by atoms with Crippen molar-refractivity contribution in [2.24, 2.45) is 10.9 Å². The third kappa shape index (κ3) is 7.48. The second-order valence-corrected chi connectivity index (χ2v) is 7.93. The Balaban J connectivity index is 0.00000338. The van der Waals surface area contributed by atoms with Gasteiger partial charge in [0.15, 0.2) is 5.96 Å². The summed E-state index contributed by atoms with van der Waals surface area (Å²) in [5.41, 5.74) is 0.165. The van der Waals surface area contributed by atoms with Gasteiger partial charge in [-0.1, -0.05) is 6.42 Å². The summed E-state index contributed by atoms with van der Waals surface area (Å²) < 4.78 is 10.7. The summed E-state index contributed by atoms with van der Waals surface area (Å²) in [5.74, 6) is 1.62. The van der Waals surface area contributed by atoms with E-state index in [0.29, 0.717) is 19.1 Å². The van der Waals surface area contributed by atoms with Gasteiger partial charge in [0.2, 0.25) is 0 Å². The van der Waals surface area contributed by atoms with Crippen LogP contribution in [-0.4, -0.2) is 88.0 Å². The van der Waals surface area contributed by atoms with Gasteiger partial charge in [0, 0.05) is 45.2 Å². The number of halogens is 1. The molecule has 0 bridgehead atoms. The van der Waals surface area contributed by atoms with E-state index in [0.717, 1.165) is 32.2 Å². The highest BCUT2D eigenvalue weighted by Crippen LogP contribution is 2.21. The van der Waals surface area contributed by atoms with Crippen LogP contribution in [0.4, 0.5) is 0 Å². The van der Waals surface area contributed by atoms with E-state index in [1.165, 1.54) is 38.8 Å². The number of guanidine groups is 1. The van der Waals surface area contributed by atoms with Crippen molar-refractivity contribution in [2.45, 2.75) is 45.1 Å². The first-order valence-corrected chi connectivity index (χ1v) is 9.84. The zero-order chi connectivity index (χ0) is 18.1. The smallest absolute Gasteiger partial charge is 0.193 e. The number of hydrogen-bond donors (Lipinski definition) is 1. The molecule has 0 radical (unpaired) electrons. The molecule has 6 nitrogen and oxygen atoms in total. The maximum atomic E-state index is 5.69. The van der Waals surface area contributed by atoms with Crippen molar-refractivity contribution >= 4 is 29.9 Å². The number of nitrogens with zero attached hydrogens (tertiary/aromatic N) is 3. The topological polar surface area (TPSA) is 49.3 Å². The normalized spacial score (nSPS) is 22.4. The van der Waals surface area contributed by atoms with Gasteiger partial charge in [0.25, 0.3) is 0 Å². The Morgan fingerprint density at radius 3 is 2.54 bits per heavy atom. The van der Waals surface area contributed by atoms with Gasteiger partial charge >= 0.3 is 0 Å². The van der Waals surface area contributed by atoms with Gasteiger partial charge in [-0.05, 0) is 46.2 Å². The van der Waals surface area contributed by atoms with Crippen LogP contribution in [0.5, 0.6) is 0 Å². The van der Waals surface area contributed by atoms with Crippen LogP contribution < -0.4 is 5.32 Å². The van der Waals surface area contributed by atoms with Crippen molar-refractivity contribution in [1.82, 2.24) is 15.1 Å². The molecular weight excluding hydrogens is 443 g/mol. The summed E-state index contributed by atoms with van der Waals surface area (Å²) in [7, 11) is 3.60. The molecule has 0 aromatic carbocycles. The first kappa shape index (κ1) is 23.9. The summed E-state index contributed by atoms with van der Waals surface area (Å²) in [6.07, 6.45) is 5.20. The predicted molar refractivity (Wildman–Crippen MR) is 119 cm³/mol. The molecule has 2 heterocycles. The molecule has 2 saturated heterocycles. The van der Waals surface area contributed by atoms with Crippen LogP contribution in [-0.2, 0) is 9.47 Å². The Labute approximate surface area is 177 Å². The lowest BCUT2D eigenvalue weighted by atomic mass is 9.98. The molecule has 1 atom stereocenters. The number of nitrogens with one attached hydrogen (secondary N) is 1. The average Bonchev–Trinajstić information content (AvgIpc) is 3.09. The minimum absolute atomic E-state index is 0. The average molecular weight is 482 g/mol. The summed E-state index contributed by atoms with van der Waals surface area (Å²) in [4.78, 5) is 9.50. The molecule has 0 saturated carbocycles. The highest BCUT2D eigenvalue weighted by Gasteiger charge is 2.30. The molecule has 1 N–H and O–H groups in total. The number of hydrogen-bond acceptors (Lipinski definition) is 4. The van der Waals surface area contributed by atoms with Crippen molar-refractivity contribution in [1.29, 1.82) is 0 Å². The molecule has 2 rings (SSSR count). The number of aliphatic imine (C=N–C) groups is 1. The fourth-order valence-electron chi connectivity index (χ4n) is 3.79.